The molecule has 0 spiro atoms. The first-order valence-electron chi connectivity index (χ1n) is 5.70. The number of carbonyl (C=O) groups is 1. The van der Waals surface area contributed by atoms with E-state index in [9.17, 15) is 4.79 Å². The average molecular weight is 281 g/mol. The maximum absolute atomic E-state index is 11.7. The molecule has 0 saturated carbocycles. The summed E-state index contributed by atoms with van der Waals surface area (Å²) in [6.07, 6.45) is 0. The van der Waals surface area contributed by atoms with Gasteiger partial charge in [-0.15, -0.1) is 0 Å². The van der Waals surface area contributed by atoms with Gasteiger partial charge in [-0.25, -0.2) is 0 Å². The molecule has 19 heavy (non-hydrogen) atoms. The van der Waals surface area contributed by atoms with Crippen LogP contribution in [0.2, 0.25) is 5.02 Å². The number of benzene rings is 1. The maximum Gasteiger partial charge on any atom is 0.273 e. The van der Waals surface area contributed by atoms with Crippen molar-refractivity contribution in [1.82, 2.24) is 10.5 Å². The molecule has 5 nitrogen and oxygen atoms in total. The lowest BCUT2D eigenvalue weighted by Crippen LogP contribution is -2.27. The zero-order valence-electron chi connectivity index (χ0n) is 10.4. The molecule has 0 radical (unpaired) electrons. The van der Waals surface area contributed by atoms with Gasteiger partial charge in [0.15, 0.2) is 11.5 Å². The van der Waals surface area contributed by atoms with Gasteiger partial charge in [0.2, 0.25) is 0 Å². The predicted octanol–water partition coefficient (Wildman–Crippen LogP) is 2.37. The van der Waals surface area contributed by atoms with Gasteiger partial charge in [-0.3, -0.25) is 4.79 Å². The van der Waals surface area contributed by atoms with Crippen LogP contribution in [0.4, 0.5) is 0 Å². The monoisotopic (exact) mass is 280 g/mol. The van der Waals surface area contributed by atoms with Gasteiger partial charge in [-0.2, -0.15) is 0 Å². The number of aromatic nitrogens is 1. The van der Waals surface area contributed by atoms with Gasteiger partial charge in [0, 0.05) is 30.3 Å². The minimum atomic E-state index is -0.297. The normalized spacial score (nSPS) is 10.4. The summed E-state index contributed by atoms with van der Waals surface area (Å²) in [5.41, 5.74) is 1.00. The van der Waals surface area contributed by atoms with Crippen molar-refractivity contribution in [2.24, 2.45) is 0 Å². The molecule has 1 amide bonds. The van der Waals surface area contributed by atoms with Crippen LogP contribution in [0.3, 0.4) is 0 Å². The van der Waals surface area contributed by atoms with Crippen molar-refractivity contribution < 1.29 is 14.1 Å². The third-order valence-corrected chi connectivity index (χ3v) is 2.68. The fraction of sp³-hybridized carbons (Fsp3) is 0.231. The molecule has 1 aromatic carbocycles. The fourth-order valence-electron chi connectivity index (χ4n) is 1.52. The van der Waals surface area contributed by atoms with E-state index in [0.717, 1.165) is 5.56 Å². The second-order valence-corrected chi connectivity index (χ2v) is 4.27. The van der Waals surface area contributed by atoms with Gasteiger partial charge >= 0.3 is 0 Å². The van der Waals surface area contributed by atoms with Gasteiger partial charge in [0.1, 0.15) is 0 Å². The lowest BCUT2D eigenvalue weighted by atomic mass is 10.1. The third-order valence-electron chi connectivity index (χ3n) is 2.44. The Labute approximate surface area is 115 Å². The Bertz CT molecular complexity index is 569. The summed E-state index contributed by atoms with van der Waals surface area (Å²) in [7, 11) is 1.57. The van der Waals surface area contributed by atoms with E-state index >= 15 is 0 Å². The summed E-state index contributed by atoms with van der Waals surface area (Å²) in [5, 5.41) is 6.99. The predicted molar refractivity (Wildman–Crippen MR) is 71.2 cm³/mol. The van der Waals surface area contributed by atoms with Crippen molar-refractivity contribution in [2.75, 3.05) is 20.3 Å². The topological polar surface area (TPSA) is 64.4 Å². The number of rotatable bonds is 5. The minimum Gasteiger partial charge on any atom is -0.383 e. The molecule has 0 bridgehead atoms. The van der Waals surface area contributed by atoms with Crippen molar-refractivity contribution >= 4 is 17.5 Å². The van der Waals surface area contributed by atoms with E-state index in [0.29, 0.717) is 23.9 Å². The number of methoxy groups -OCH3 is 1. The molecule has 6 heteroatoms. The van der Waals surface area contributed by atoms with Crippen LogP contribution in [0.25, 0.3) is 11.3 Å². The third kappa shape index (κ3) is 3.56. The Balaban J connectivity index is 2.08. The number of ether oxygens (including phenoxy) is 1. The van der Waals surface area contributed by atoms with E-state index in [-0.39, 0.29) is 11.6 Å². The number of halogens is 1. The van der Waals surface area contributed by atoms with E-state index in [1.807, 2.05) is 6.07 Å². The van der Waals surface area contributed by atoms with Crippen LogP contribution >= 0.6 is 11.6 Å². The number of hydrogen-bond donors (Lipinski definition) is 1. The van der Waals surface area contributed by atoms with Crippen LogP contribution in [-0.4, -0.2) is 31.3 Å². The maximum atomic E-state index is 11.7. The zero-order chi connectivity index (χ0) is 13.7. The van der Waals surface area contributed by atoms with Crippen LogP contribution < -0.4 is 5.32 Å². The molecule has 2 aromatic rings. The van der Waals surface area contributed by atoms with E-state index in [2.05, 4.69) is 10.5 Å². The highest BCUT2D eigenvalue weighted by Gasteiger charge is 2.13. The number of hydrogen-bond acceptors (Lipinski definition) is 4. The second kappa shape index (κ2) is 6.36. The van der Waals surface area contributed by atoms with Crippen molar-refractivity contribution in [2.45, 2.75) is 0 Å². The number of amides is 1. The largest absolute Gasteiger partial charge is 0.383 e. The summed E-state index contributed by atoms with van der Waals surface area (Å²) < 4.78 is 9.97. The average Bonchev–Trinajstić information content (AvgIpc) is 2.88. The minimum absolute atomic E-state index is 0.228. The summed E-state index contributed by atoms with van der Waals surface area (Å²) in [4.78, 5) is 11.7. The number of carbonyl (C=O) groups excluding carboxylic acids is 1. The summed E-state index contributed by atoms with van der Waals surface area (Å²) in [5.74, 6) is 0.202. The summed E-state index contributed by atoms with van der Waals surface area (Å²) in [6.45, 7) is 0.874. The fourth-order valence-corrected chi connectivity index (χ4v) is 1.71. The molecule has 0 unspecified atom stereocenters. The molecule has 1 heterocycles. The van der Waals surface area contributed by atoms with Crippen molar-refractivity contribution in [3.05, 3.63) is 41.0 Å². The van der Waals surface area contributed by atoms with E-state index in [4.69, 9.17) is 20.9 Å². The van der Waals surface area contributed by atoms with Gasteiger partial charge in [-0.05, 0) is 12.1 Å². The molecule has 0 atom stereocenters. The van der Waals surface area contributed by atoms with Gasteiger partial charge in [0.05, 0.1) is 6.61 Å². The van der Waals surface area contributed by atoms with Gasteiger partial charge in [-0.1, -0.05) is 28.9 Å². The van der Waals surface area contributed by atoms with Crippen LogP contribution in [0.5, 0.6) is 0 Å². The van der Waals surface area contributed by atoms with Crippen molar-refractivity contribution in [3.8, 4) is 11.3 Å². The first-order valence-corrected chi connectivity index (χ1v) is 6.08. The van der Waals surface area contributed by atoms with Crippen LogP contribution in [-0.2, 0) is 4.74 Å². The van der Waals surface area contributed by atoms with E-state index < -0.39 is 0 Å². The highest BCUT2D eigenvalue weighted by atomic mass is 35.5. The highest BCUT2D eigenvalue weighted by molar-refractivity contribution is 6.30. The van der Waals surface area contributed by atoms with Crippen molar-refractivity contribution in [3.63, 3.8) is 0 Å². The van der Waals surface area contributed by atoms with Gasteiger partial charge in [0.25, 0.3) is 5.91 Å². The number of nitrogens with one attached hydrogen (secondary N) is 1. The molecule has 0 aliphatic carbocycles. The Morgan fingerprint density at radius 2 is 2.32 bits per heavy atom. The van der Waals surface area contributed by atoms with Crippen molar-refractivity contribution in [1.29, 1.82) is 0 Å². The summed E-state index contributed by atoms with van der Waals surface area (Å²) >= 11 is 5.89. The molecular formula is C13H13ClN2O3. The number of nitrogens with zero attached hydrogens (tertiary/aromatic N) is 1. The SMILES string of the molecule is COCCNC(=O)c1cc(-c2cccc(Cl)c2)on1. The molecular weight excluding hydrogens is 268 g/mol. The molecule has 0 aliphatic heterocycles. The molecule has 0 aliphatic rings. The highest BCUT2D eigenvalue weighted by Crippen LogP contribution is 2.23. The Morgan fingerprint density at radius 1 is 1.47 bits per heavy atom. The van der Waals surface area contributed by atoms with Crippen LogP contribution in [0.1, 0.15) is 10.5 Å². The molecule has 1 aromatic heterocycles. The second-order valence-electron chi connectivity index (χ2n) is 3.84. The lowest BCUT2D eigenvalue weighted by molar-refractivity contribution is 0.0928. The zero-order valence-corrected chi connectivity index (χ0v) is 11.1. The standard InChI is InChI=1S/C13H13ClN2O3/c1-18-6-5-15-13(17)11-8-12(19-16-11)9-3-2-4-10(14)7-9/h2-4,7-8H,5-6H2,1H3,(H,15,17). The smallest absolute Gasteiger partial charge is 0.273 e. The Hall–Kier alpha value is -1.85. The molecule has 1 N–H and O–H groups in total. The van der Waals surface area contributed by atoms with Crippen LogP contribution in [0, 0.1) is 0 Å². The Morgan fingerprint density at radius 3 is 3.05 bits per heavy atom. The molecule has 2 rings (SSSR count). The van der Waals surface area contributed by atoms with E-state index in [1.165, 1.54) is 0 Å². The lowest BCUT2D eigenvalue weighted by Gasteiger charge is -2.00. The Kier molecular flexibility index (Phi) is 4.54. The summed E-state index contributed by atoms with van der Waals surface area (Å²) in [6, 6.07) is 8.72. The first-order chi connectivity index (χ1) is 9.20. The first kappa shape index (κ1) is 13.6. The quantitative estimate of drug-likeness (QED) is 0.854. The molecule has 0 fully saturated rings. The van der Waals surface area contributed by atoms with Crippen LogP contribution in [0.15, 0.2) is 34.9 Å². The molecule has 0 saturated heterocycles. The van der Waals surface area contributed by atoms with Gasteiger partial charge < -0.3 is 14.6 Å². The van der Waals surface area contributed by atoms with E-state index in [1.54, 1.807) is 31.4 Å². The molecule has 100 valence electrons.